The van der Waals surface area contributed by atoms with E-state index in [9.17, 15) is 9.59 Å². The molecule has 3 aromatic rings. The van der Waals surface area contributed by atoms with Crippen molar-refractivity contribution < 1.29 is 9.59 Å². The second-order valence-corrected chi connectivity index (χ2v) is 10.1. The number of aryl methyl sites for hydroxylation is 1. The van der Waals surface area contributed by atoms with Crippen molar-refractivity contribution in [2.75, 3.05) is 0 Å². The lowest BCUT2D eigenvalue weighted by atomic mass is 9.94. The zero-order valence-electron chi connectivity index (χ0n) is 17.8. The first-order valence-electron chi connectivity index (χ1n) is 10.9. The van der Waals surface area contributed by atoms with Crippen molar-refractivity contribution in [1.29, 1.82) is 0 Å². The molecule has 4 rings (SSSR count). The van der Waals surface area contributed by atoms with Crippen LogP contribution in [-0.2, 0) is 11.3 Å². The highest BCUT2D eigenvalue weighted by Crippen LogP contribution is 2.30. The van der Waals surface area contributed by atoms with E-state index in [4.69, 9.17) is 0 Å². The van der Waals surface area contributed by atoms with Crippen molar-refractivity contribution in [2.45, 2.75) is 57.7 Å². The zero-order chi connectivity index (χ0) is 21.6. The molecule has 0 bridgehead atoms. The molecule has 1 unspecified atom stereocenters. The average Bonchev–Trinajstić information content (AvgIpc) is 3.49. The quantitative estimate of drug-likeness (QED) is 0.481. The SMILES string of the molecule is Cc1ccccc1C(C(=O)NC1CCCCC1)N(Cc1cccs1)C(=O)c1cccs1. The van der Waals surface area contributed by atoms with E-state index in [2.05, 4.69) is 5.32 Å². The molecule has 1 fully saturated rings. The van der Waals surface area contributed by atoms with E-state index < -0.39 is 6.04 Å². The number of hydrogen-bond donors (Lipinski definition) is 1. The molecule has 6 heteroatoms. The van der Waals surface area contributed by atoms with Gasteiger partial charge in [-0.2, -0.15) is 0 Å². The summed E-state index contributed by atoms with van der Waals surface area (Å²) in [6.45, 7) is 2.42. The van der Waals surface area contributed by atoms with Gasteiger partial charge in [0, 0.05) is 10.9 Å². The number of carbonyl (C=O) groups excluding carboxylic acids is 2. The molecule has 1 atom stereocenters. The van der Waals surface area contributed by atoms with Crippen LogP contribution in [0.2, 0.25) is 0 Å². The van der Waals surface area contributed by atoms with Crippen LogP contribution in [0.5, 0.6) is 0 Å². The molecular formula is C25H28N2O2S2. The van der Waals surface area contributed by atoms with Crippen LogP contribution in [0.4, 0.5) is 0 Å². The Morgan fingerprint density at radius 2 is 1.74 bits per heavy atom. The van der Waals surface area contributed by atoms with Crippen molar-refractivity contribution >= 4 is 34.5 Å². The maximum atomic E-state index is 13.7. The van der Waals surface area contributed by atoms with Crippen LogP contribution < -0.4 is 5.32 Å². The van der Waals surface area contributed by atoms with Gasteiger partial charge in [-0.05, 0) is 53.8 Å². The van der Waals surface area contributed by atoms with E-state index in [-0.39, 0.29) is 17.9 Å². The van der Waals surface area contributed by atoms with Crippen LogP contribution in [0, 0.1) is 6.92 Å². The highest BCUT2D eigenvalue weighted by molar-refractivity contribution is 7.12. The van der Waals surface area contributed by atoms with E-state index in [1.54, 1.807) is 16.2 Å². The van der Waals surface area contributed by atoms with Crippen LogP contribution in [0.3, 0.4) is 0 Å². The number of nitrogens with zero attached hydrogens (tertiary/aromatic N) is 1. The molecule has 0 radical (unpaired) electrons. The van der Waals surface area contributed by atoms with Gasteiger partial charge in [-0.3, -0.25) is 9.59 Å². The largest absolute Gasteiger partial charge is 0.351 e. The maximum absolute atomic E-state index is 13.7. The highest BCUT2D eigenvalue weighted by atomic mass is 32.1. The Morgan fingerprint density at radius 3 is 2.42 bits per heavy atom. The van der Waals surface area contributed by atoms with Gasteiger partial charge in [-0.15, -0.1) is 22.7 Å². The van der Waals surface area contributed by atoms with Crippen molar-refractivity contribution in [1.82, 2.24) is 10.2 Å². The first-order valence-corrected chi connectivity index (χ1v) is 12.6. The summed E-state index contributed by atoms with van der Waals surface area (Å²) >= 11 is 3.02. The van der Waals surface area contributed by atoms with Gasteiger partial charge in [0.2, 0.25) is 5.91 Å². The molecule has 1 aliphatic rings. The van der Waals surface area contributed by atoms with E-state index >= 15 is 0 Å². The Bertz CT molecular complexity index is 992. The molecule has 2 aromatic heterocycles. The molecule has 4 nitrogen and oxygen atoms in total. The Kier molecular flexibility index (Phi) is 7.20. The summed E-state index contributed by atoms with van der Waals surface area (Å²) in [7, 11) is 0. The van der Waals surface area contributed by atoms with Crippen LogP contribution in [0.15, 0.2) is 59.3 Å². The van der Waals surface area contributed by atoms with Crippen LogP contribution in [0.1, 0.15) is 63.8 Å². The van der Waals surface area contributed by atoms with Gasteiger partial charge in [-0.1, -0.05) is 55.7 Å². The number of amides is 2. The Hall–Kier alpha value is -2.44. The normalized spacial score (nSPS) is 15.4. The number of hydrogen-bond acceptors (Lipinski definition) is 4. The molecule has 1 aromatic carbocycles. The number of nitrogens with one attached hydrogen (secondary N) is 1. The number of thiophene rings is 2. The third-order valence-corrected chi connectivity index (χ3v) is 7.61. The minimum absolute atomic E-state index is 0.0809. The fraction of sp³-hybridized carbons (Fsp3) is 0.360. The van der Waals surface area contributed by atoms with Crippen molar-refractivity contribution in [3.05, 3.63) is 80.2 Å². The third-order valence-electron chi connectivity index (χ3n) is 5.89. The molecular weight excluding hydrogens is 424 g/mol. The molecule has 31 heavy (non-hydrogen) atoms. The Morgan fingerprint density at radius 1 is 1.00 bits per heavy atom. The minimum Gasteiger partial charge on any atom is -0.351 e. The third kappa shape index (κ3) is 5.25. The second-order valence-electron chi connectivity index (χ2n) is 8.09. The van der Waals surface area contributed by atoms with Gasteiger partial charge < -0.3 is 10.2 Å². The molecule has 162 valence electrons. The van der Waals surface area contributed by atoms with Gasteiger partial charge in [0.15, 0.2) is 0 Å². The van der Waals surface area contributed by atoms with Crippen molar-refractivity contribution in [3.63, 3.8) is 0 Å². The molecule has 1 aliphatic carbocycles. The van der Waals surface area contributed by atoms with Gasteiger partial charge in [-0.25, -0.2) is 0 Å². The summed E-state index contributed by atoms with van der Waals surface area (Å²) in [5.41, 5.74) is 1.90. The number of rotatable bonds is 7. The van der Waals surface area contributed by atoms with Gasteiger partial charge in [0.1, 0.15) is 6.04 Å². The Labute approximate surface area is 191 Å². The highest BCUT2D eigenvalue weighted by Gasteiger charge is 2.34. The van der Waals surface area contributed by atoms with E-state index in [1.807, 2.05) is 66.2 Å². The summed E-state index contributed by atoms with van der Waals surface area (Å²) < 4.78 is 0. The lowest BCUT2D eigenvalue weighted by molar-refractivity contribution is -0.127. The van der Waals surface area contributed by atoms with Gasteiger partial charge >= 0.3 is 0 Å². The van der Waals surface area contributed by atoms with Crippen LogP contribution >= 0.6 is 22.7 Å². The zero-order valence-corrected chi connectivity index (χ0v) is 19.4. The van der Waals surface area contributed by atoms with E-state index in [0.29, 0.717) is 11.4 Å². The van der Waals surface area contributed by atoms with Gasteiger partial charge in [0.05, 0.1) is 11.4 Å². The number of benzene rings is 1. The summed E-state index contributed by atoms with van der Waals surface area (Å²) in [4.78, 5) is 30.8. The Balaban J connectivity index is 1.72. The molecule has 0 saturated heterocycles. The minimum atomic E-state index is -0.667. The first kappa shape index (κ1) is 21.8. The predicted octanol–water partition coefficient (Wildman–Crippen LogP) is 5.95. The van der Waals surface area contributed by atoms with Gasteiger partial charge in [0.25, 0.3) is 5.91 Å². The van der Waals surface area contributed by atoms with Crippen molar-refractivity contribution in [2.24, 2.45) is 0 Å². The predicted molar refractivity (Wildman–Crippen MR) is 127 cm³/mol. The maximum Gasteiger partial charge on any atom is 0.265 e. The lowest BCUT2D eigenvalue weighted by Gasteiger charge is -2.33. The fourth-order valence-corrected chi connectivity index (χ4v) is 5.65. The summed E-state index contributed by atoms with van der Waals surface area (Å²) in [5.74, 6) is -0.182. The van der Waals surface area contributed by atoms with Crippen LogP contribution in [0.25, 0.3) is 0 Å². The summed E-state index contributed by atoms with van der Waals surface area (Å²) in [6.07, 6.45) is 5.54. The molecule has 2 amide bonds. The van der Waals surface area contributed by atoms with Crippen LogP contribution in [-0.4, -0.2) is 22.8 Å². The monoisotopic (exact) mass is 452 g/mol. The molecule has 0 aliphatic heterocycles. The second kappa shape index (κ2) is 10.2. The molecule has 2 heterocycles. The average molecular weight is 453 g/mol. The lowest BCUT2D eigenvalue weighted by Crippen LogP contribution is -2.46. The summed E-state index contributed by atoms with van der Waals surface area (Å²) in [6, 6.07) is 15.1. The molecule has 1 saturated carbocycles. The molecule has 0 spiro atoms. The van der Waals surface area contributed by atoms with E-state index in [1.165, 1.54) is 17.8 Å². The van der Waals surface area contributed by atoms with Crippen molar-refractivity contribution in [3.8, 4) is 0 Å². The first-order chi connectivity index (χ1) is 15.1. The summed E-state index contributed by atoms with van der Waals surface area (Å²) in [5, 5.41) is 7.19. The molecule has 1 N–H and O–H groups in total. The number of carbonyl (C=O) groups is 2. The standard InChI is InChI=1S/C25H28N2O2S2/c1-18-9-5-6-13-21(18)23(24(28)26-19-10-3-2-4-11-19)27(17-20-12-7-15-30-20)25(29)22-14-8-16-31-22/h5-9,12-16,19,23H,2-4,10-11,17H2,1H3,(H,26,28). The fourth-order valence-electron chi connectivity index (χ4n) is 4.26. The smallest absolute Gasteiger partial charge is 0.265 e. The topological polar surface area (TPSA) is 49.4 Å². The van der Waals surface area contributed by atoms with E-state index in [0.717, 1.165) is 41.7 Å².